The van der Waals surface area contributed by atoms with Gasteiger partial charge < -0.3 is 19.7 Å². The molecule has 4 heteroatoms. The SMILES string of the molecule is CCCCCN(C)CC(NC)c1ccc(OC)cc1OC. The first-order valence-electron chi connectivity index (χ1n) is 7.74. The first-order chi connectivity index (χ1) is 10.2. The van der Waals surface area contributed by atoms with Crippen molar-refractivity contribution in [2.75, 3.05) is 41.4 Å². The second-order valence-corrected chi connectivity index (χ2v) is 5.42. The van der Waals surface area contributed by atoms with Gasteiger partial charge >= 0.3 is 0 Å². The molecule has 0 aromatic heterocycles. The van der Waals surface area contributed by atoms with Crippen LogP contribution in [0.25, 0.3) is 0 Å². The lowest BCUT2D eigenvalue weighted by Gasteiger charge is -2.25. The van der Waals surface area contributed by atoms with Gasteiger partial charge in [0.1, 0.15) is 11.5 Å². The number of benzene rings is 1. The summed E-state index contributed by atoms with van der Waals surface area (Å²) in [6, 6.07) is 6.26. The highest BCUT2D eigenvalue weighted by molar-refractivity contribution is 5.42. The Morgan fingerprint density at radius 1 is 1.19 bits per heavy atom. The first-order valence-corrected chi connectivity index (χ1v) is 7.74. The lowest BCUT2D eigenvalue weighted by atomic mass is 10.0. The second-order valence-electron chi connectivity index (χ2n) is 5.42. The van der Waals surface area contributed by atoms with E-state index in [1.165, 1.54) is 24.8 Å². The van der Waals surface area contributed by atoms with Gasteiger partial charge in [0.05, 0.1) is 14.2 Å². The zero-order valence-electron chi connectivity index (χ0n) is 14.1. The lowest BCUT2D eigenvalue weighted by molar-refractivity contribution is 0.286. The minimum absolute atomic E-state index is 0.248. The molecule has 1 atom stereocenters. The van der Waals surface area contributed by atoms with Crippen molar-refractivity contribution in [1.82, 2.24) is 10.2 Å². The van der Waals surface area contributed by atoms with Crippen LogP contribution in [0.15, 0.2) is 18.2 Å². The van der Waals surface area contributed by atoms with Crippen molar-refractivity contribution in [2.24, 2.45) is 0 Å². The van der Waals surface area contributed by atoms with E-state index in [0.29, 0.717) is 0 Å². The number of hydrogen-bond donors (Lipinski definition) is 1. The molecule has 0 spiro atoms. The normalized spacial score (nSPS) is 12.5. The Kier molecular flexibility index (Phi) is 8.16. The molecule has 0 saturated heterocycles. The zero-order valence-corrected chi connectivity index (χ0v) is 14.1. The monoisotopic (exact) mass is 294 g/mol. The standard InChI is InChI=1S/C17H30N2O2/c1-6-7-8-11-19(3)13-16(18-2)15-10-9-14(20-4)12-17(15)21-5/h9-10,12,16,18H,6-8,11,13H2,1-5H3. The highest BCUT2D eigenvalue weighted by atomic mass is 16.5. The van der Waals surface area contributed by atoms with Gasteiger partial charge in [-0.15, -0.1) is 0 Å². The molecule has 0 fully saturated rings. The summed E-state index contributed by atoms with van der Waals surface area (Å²) in [6.45, 7) is 4.33. The molecule has 0 heterocycles. The molecule has 4 nitrogen and oxygen atoms in total. The van der Waals surface area contributed by atoms with Crippen LogP contribution >= 0.6 is 0 Å². The maximum Gasteiger partial charge on any atom is 0.127 e. The number of nitrogens with one attached hydrogen (secondary N) is 1. The van der Waals surface area contributed by atoms with Crippen LogP contribution in [0.1, 0.15) is 37.8 Å². The molecule has 0 bridgehead atoms. The van der Waals surface area contributed by atoms with Crippen LogP contribution < -0.4 is 14.8 Å². The molecule has 0 saturated carbocycles. The fourth-order valence-corrected chi connectivity index (χ4v) is 2.49. The highest BCUT2D eigenvalue weighted by Crippen LogP contribution is 2.29. The van der Waals surface area contributed by atoms with Crippen molar-refractivity contribution in [3.63, 3.8) is 0 Å². The van der Waals surface area contributed by atoms with Gasteiger partial charge in [0.25, 0.3) is 0 Å². The Balaban J connectivity index is 2.75. The van der Waals surface area contributed by atoms with Crippen molar-refractivity contribution in [2.45, 2.75) is 32.2 Å². The summed E-state index contributed by atoms with van der Waals surface area (Å²) in [5.74, 6) is 1.69. The Bertz CT molecular complexity index is 410. The van der Waals surface area contributed by atoms with Gasteiger partial charge in [-0.2, -0.15) is 0 Å². The summed E-state index contributed by atoms with van der Waals surface area (Å²) in [5, 5.41) is 3.39. The molecule has 1 unspecified atom stereocenters. The number of hydrogen-bond acceptors (Lipinski definition) is 4. The zero-order chi connectivity index (χ0) is 15.7. The molecule has 120 valence electrons. The quantitative estimate of drug-likeness (QED) is 0.672. The molecule has 0 radical (unpaired) electrons. The maximum atomic E-state index is 5.51. The molecule has 0 amide bonds. The van der Waals surface area contributed by atoms with Crippen molar-refractivity contribution < 1.29 is 9.47 Å². The van der Waals surface area contributed by atoms with Gasteiger partial charge in [0, 0.05) is 24.2 Å². The summed E-state index contributed by atoms with van der Waals surface area (Å²) in [7, 11) is 7.55. The van der Waals surface area contributed by atoms with Crippen molar-refractivity contribution in [3.8, 4) is 11.5 Å². The average Bonchev–Trinajstić information content (AvgIpc) is 2.52. The fraction of sp³-hybridized carbons (Fsp3) is 0.647. The Labute approximate surface area is 129 Å². The molecule has 1 rings (SSSR count). The van der Waals surface area contributed by atoms with Crippen LogP contribution in [0.5, 0.6) is 11.5 Å². The number of nitrogens with zero attached hydrogens (tertiary/aromatic N) is 1. The predicted octanol–water partition coefficient (Wildman–Crippen LogP) is 3.09. The predicted molar refractivity (Wildman–Crippen MR) is 88.4 cm³/mol. The first kappa shape index (κ1) is 17.8. The third-order valence-corrected chi connectivity index (χ3v) is 3.80. The summed E-state index contributed by atoms with van der Waals surface area (Å²) >= 11 is 0. The van der Waals surface area contributed by atoms with E-state index in [2.05, 4.69) is 30.3 Å². The third-order valence-electron chi connectivity index (χ3n) is 3.80. The van der Waals surface area contributed by atoms with E-state index in [0.717, 1.165) is 24.6 Å². The Morgan fingerprint density at radius 3 is 2.52 bits per heavy atom. The summed E-state index contributed by atoms with van der Waals surface area (Å²) in [6.07, 6.45) is 3.80. The number of likely N-dealkylation sites (N-methyl/N-ethyl adjacent to an activating group) is 2. The molecule has 1 aromatic rings. The maximum absolute atomic E-state index is 5.51. The van der Waals surface area contributed by atoms with Crippen molar-refractivity contribution >= 4 is 0 Å². The van der Waals surface area contributed by atoms with E-state index >= 15 is 0 Å². The van der Waals surface area contributed by atoms with Gasteiger partial charge in [0.2, 0.25) is 0 Å². The van der Waals surface area contributed by atoms with Crippen LogP contribution in [0.2, 0.25) is 0 Å². The van der Waals surface area contributed by atoms with E-state index in [1.54, 1.807) is 14.2 Å². The van der Waals surface area contributed by atoms with Gasteiger partial charge in [0.15, 0.2) is 0 Å². The average molecular weight is 294 g/mol. The molecule has 1 aromatic carbocycles. The second kappa shape index (κ2) is 9.64. The molecular weight excluding hydrogens is 264 g/mol. The van der Waals surface area contributed by atoms with Crippen molar-refractivity contribution in [3.05, 3.63) is 23.8 Å². The Morgan fingerprint density at radius 2 is 1.95 bits per heavy atom. The molecule has 0 aliphatic rings. The van der Waals surface area contributed by atoms with E-state index < -0.39 is 0 Å². The third kappa shape index (κ3) is 5.56. The van der Waals surface area contributed by atoms with Gasteiger partial charge in [-0.05, 0) is 33.1 Å². The fourth-order valence-electron chi connectivity index (χ4n) is 2.49. The minimum atomic E-state index is 0.248. The smallest absolute Gasteiger partial charge is 0.127 e. The molecular formula is C17H30N2O2. The van der Waals surface area contributed by atoms with Crippen molar-refractivity contribution in [1.29, 1.82) is 0 Å². The van der Waals surface area contributed by atoms with Crippen LogP contribution in [0, 0.1) is 0 Å². The van der Waals surface area contributed by atoms with E-state index in [9.17, 15) is 0 Å². The van der Waals surface area contributed by atoms with Crippen LogP contribution in [-0.4, -0.2) is 46.3 Å². The largest absolute Gasteiger partial charge is 0.497 e. The van der Waals surface area contributed by atoms with E-state index in [4.69, 9.17) is 9.47 Å². The lowest BCUT2D eigenvalue weighted by Crippen LogP contribution is -2.32. The number of methoxy groups -OCH3 is 2. The molecule has 0 aliphatic heterocycles. The van der Waals surface area contributed by atoms with Gasteiger partial charge in [-0.25, -0.2) is 0 Å². The topological polar surface area (TPSA) is 33.7 Å². The Hall–Kier alpha value is -1.26. The number of rotatable bonds is 10. The summed E-state index contributed by atoms with van der Waals surface area (Å²) in [5.41, 5.74) is 1.17. The van der Waals surface area contributed by atoms with Gasteiger partial charge in [-0.3, -0.25) is 0 Å². The molecule has 21 heavy (non-hydrogen) atoms. The van der Waals surface area contributed by atoms with E-state index in [1.807, 2.05) is 19.2 Å². The summed E-state index contributed by atoms with van der Waals surface area (Å²) in [4.78, 5) is 2.38. The highest BCUT2D eigenvalue weighted by Gasteiger charge is 2.17. The minimum Gasteiger partial charge on any atom is -0.497 e. The number of ether oxygens (including phenoxy) is 2. The van der Waals surface area contributed by atoms with Gasteiger partial charge in [-0.1, -0.05) is 25.8 Å². The molecule has 0 aliphatic carbocycles. The van der Waals surface area contributed by atoms with E-state index in [-0.39, 0.29) is 6.04 Å². The summed E-state index contributed by atoms with van der Waals surface area (Å²) < 4.78 is 10.8. The molecule has 1 N–H and O–H groups in total. The van der Waals surface area contributed by atoms with Crippen LogP contribution in [0.4, 0.5) is 0 Å². The van der Waals surface area contributed by atoms with Crippen LogP contribution in [0.3, 0.4) is 0 Å². The number of unbranched alkanes of at least 4 members (excludes halogenated alkanes) is 2. The van der Waals surface area contributed by atoms with Crippen LogP contribution in [-0.2, 0) is 0 Å².